The second kappa shape index (κ2) is 7.21. The third-order valence-corrected chi connectivity index (χ3v) is 3.37. The van der Waals surface area contributed by atoms with Crippen LogP contribution in [-0.4, -0.2) is 19.7 Å². The first kappa shape index (κ1) is 14.8. The maximum atomic E-state index is 13.3. The van der Waals surface area contributed by atoms with Gasteiger partial charge in [-0.2, -0.15) is 0 Å². The molecular formula is C14H23FN2O. The van der Waals surface area contributed by atoms with E-state index in [1.807, 2.05) is 0 Å². The predicted octanol–water partition coefficient (Wildman–Crippen LogP) is 3.01. The van der Waals surface area contributed by atoms with Crippen LogP contribution in [0.1, 0.15) is 26.7 Å². The van der Waals surface area contributed by atoms with E-state index in [0.717, 1.165) is 18.5 Å². The van der Waals surface area contributed by atoms with Gasteiger partial charge in [0.25, 0.3) is 0 Å². The Bertz CT molecular complexity index is 367. The summed E-state index contributed by atoms with van der Waals surface area (Å²) in [5.74, 6) is 0.418. The molecule has 0 fully saturated rings. The van der Waals surface area contributed by atoms with Crippen molar-refractivity contribution < 1.29 is 9.13 Å². The number of nitrogens with two attached hydrogens (primary N) is 1. The van der Waals surface area contributed by atoms with Gasteiger partial charge in [0.1, 0.15) is 0 Å². The van der Waals surface area contributed by atoms with Crippen molar-refractivity contribution in [3.63, 3.8) is 0 Å². The van der Waals surface area contributed by atoms with Gasteiger partial charge in [0.15, 0.2) is 11.6 Å². The Hall–Kier alpha value is -1.29. The highest BCUT2D eigenvalue weighted by molar-refractivity contribution is 5.49. The molecule has 0 aliphatic carbocycles. The molecule has 18 heavy (non-hydrogen) atoms. The predicted molar refractivity (Wildman–Crippen MR) is 73.5 cm³/mol. The van der Waals surface area contributed by atoms with E-state index in [-0.39, 0.29) is 17.6 Å². The van der Waals surface area contributed by atoms with E-state index in [1.54, 1.807) is 12.1 Å². The molecule has 1 aromatic carbocycles. The van der Waals surface area contributed by atoms with E-state index >= 15 is 0 Å². The van der Waals surface area contributed by atoms with Gasteiger partial charge in [0, 0.05) is 24.3 Å². The van der Waals surface area contributed by atoms with Crippen molar-refractivity contribution in [1.29, 1.82) is 0 Å². The third kappa shape index (κ3) is 3.60. The van der Waals surface area contributed by atoms with Crippen molar-refractivity contribution in [1.82, 2.24) is 0 Å². The average molecular weight is 254 g/mol. The molecule has 0 radical (unpaired) electrons. The van der Waals surface area contributed by atoms with Crippen LogP contribution in [0.2, 0.25) is 0 Å². The minimum absolute atomic E-state index is 0.204. The molecule has 102 valence electrons. The lowest BCUT2D eigenvalue weighted by Gasteiger charge is -2.26. The largest absolute Gasteiger partial charge is 0.494 e. The first-order valence-electron chi connectivity index (χ1n) is 6.46. The summed E-state index contributed by atoms with van der Waals surface area (Å²) in [4.78, 5) is 0. The number of nitrogens with one attached hydrogen (secondary N) is 1. The minimum Gasteiger partial charge on any atom is -0.494 e. The van der Waals surface area contributed by atoms with Gasteiger partial charge in [-0.1, -0.05) is 26.7 Å². The standard InChI is InChI=1S/C14H23FN2O/c1-4-10(5-2)13(9-16)17-11-6-7-12(15)14(8-11)18-3/h6-8,10,13,17H,4-5,9,16H2,1-3H3. The number of ether oxygens (including phenoxy) is 1. The Morgan fingerprint density at radius 1 is 1.33 bits per heavy atom. The van der Waals surface area contributed by atoms with Gasteiger partial charge in [-0.3, -0.25) is 0 Å². The Morgan fingerprint density at radius 3 is 2.50 bits per heavy atom. The molecule has 3 N–H and O–H groups in total. The topological polar surface area (TPSA) is 47.3 Å². The van der Waals surface area contributed by atoms with Crippen LogP contribution >= 0.6 is 0 Å². The molecule has 4 heteroatoms. The van der Waals surface area contributed by atoms with Crippen molar-refractivity contribution in [3.05, 3.63) is 24.0 Å². The van der Waals surface area contributed by atoms with Crippen LogP contribution in [0.3, 0.4) is 0 Å². The van der Waals surface area contributed by atoms with Crippen LogP contribution in [-0.2, 0) is 0 Å². The lowest BCUT2D eigenvalue weighted by atomic mass is 9.94. The molecule has 0 spiro atoms. The summed E-state index contributed by atoms with van der Waals surface area (Å²) in [7, 11) is 1.46. The SMILES string of the molecule is CCC(CC)C(CN)Nc1ccc(F)c(OC)c1. The van der Waals surface area contributed by atoms with Crippen molar-refractivity contribution in [2.24, 2.45) is 11.7 Å². The first-order chi connectivity index (χ1) is 8.65. The second-order valence-corrected chi connectivity index (χ2v) is 4.41. The van der Waals surface area contributed by atoms with Gasteiger partial charge in [-0.05, 0) is 18.1 Å². The zero-order valence-electron chi connectivity index (χ0n) is 11.4. The van der Waals surface area contributed by atoms with Crippen LogP contribution in [0.25, 0.3) is 0 Å². The molecule has 0 saturated carbocycles. The third-order valence-electron chi connectivity index (χ3n) is 3.37. The van der Waals surface area contributed by atoms with Gasteiger partial charge in [-0.15, -0.1) is 0 Å². The van der Waals surface area contributed by atoms with Crippen molar-refractivity contribution in [2.75, 3.05) is 19.0 Å². The fourth-order valence-electron chi connectivity index (χ4n) is 2.19. The molecule has 1 aromatic rings. The lowest BCUT2D eigenvalue weighted by Crippen LogP contribution is -2.35. The number of hydrogen-bond donors (Lipinski definition) is 2. The van der Waals surface area contributed by atoms with E-state index in [4.69, 9.17) is 10.5 Å². The summed E-state index contributed by atoms with van der Waals surface area (Å²) in [5.41, 5.74) is 6.65. The van der Waals surface area contributed by atoms with Crippen LogP contribution in [0.15, 0.2) is 18.2 Å². The molecule has 1 rings (SSSR count). The molecule has 1 unspecified atom stereocenters. The Labute approximate surface area is 109 Å². The van der Waals surface area contributed by atoms with Crippen molar-refractivity contribution in [2.45, 2.75) is 32.7 Å². The fourth-order valence-corrected chi connectivity index (χ4v) is 2.19. The summed E-state index contributed by atoms with van der Waals surface area (Å²) < 4.78 is 18.3. The first-order valence-corrected chi connectivity index (χ1v) is 6.46. The number of halogens is 1. The molecule has 0 amide bonds. The van der Waals surface area contributed by atoms with E-state index in [9.17, 15) is 4.39 Å². The van der Waals surface area contributed by atoms with Gasteiger partial charge in [0.05, 0.1) is 7.11 Å². The average Bonchev–Trinajstić information content (AvgIpc) is 2.40. The summed E-state index contributed by atoms with van der Waals surface area (Å²) in [5, 5.41) is 3.36. The van der Waals surface area contributed by atoms with Crippen LogP contribution in [0.5, 0.6) is 5.75 Å². The van der Waals surface area contributed by atoms with Gasteiger partial charge < -0.3 is 15.8 Å². The van der Waals surface area contributed by atoms with Crippen LogP contribution in [0.4, 0.5) is 10.1 Å². The van der Waals surface area contributed by atoms with Crippen LogP contribution in [0, 0.1) is 11.7 Å². The molecule has 0 bridgehead atoms. The van der Waals surface area contributed by atoms with Crippen molar-refractivity contribution in [3.8, 4) is 5.75 Å². The van der Waals surface area contributed by atoms with E-state index < -0.39 is 0 Å². The second-order valence-electron chi connectivity index (χ2n) is 4.41. The number of anilines is 1. The Balaban J connectivity index is 2.81. The summed E-state index contributed by atoms with van der Waals surface area (Å²) >= 11 is 0. The number of benzene rings is 1. The highest BCUT2D eigenvalue weighted by Gasteiger charge is 2.17. The highest BCUT2D eigenvalue weighted by Crippen LogP contribution is 2.24. The molecule has 0 aromatic heterocycles. The Kier molecular flexibility index (Phi) is 5.92. The molecular weight excluding hydrogens is 231 g/mol. The van der Waals surface area contributed by atoms with Gasteiger partial charge in [-0.25, -0.2) is 4.39 Å². The zero-order valence-corrected chi connectivity index (χ0v) is 11.4. The molecule has 0 saturated heterocycles. The zero-order chi connectivity index (χ0) is 13.5. The van der Waals surface area contributed by atoms with E-state index in [1.165, 1.54) is 13.2 Å². The maximum Gasteiger partial charge on any atom is 0.165 e. The molecule has 1 atom stereocenters. The summed E-state index contributed by atoms with van der Waals surface area (Å²) in [6, 6.07) is 4.99. The number of hydrogen-bond acceptors (Lipinski definition) is 3. The van der Waals surface area contributed by atoms with Crippen molar-refractivity contribution >= 4 is 5.69 Å². The molecule has 0 aliphatic rings. The Morgan fingerprint density at radius 2 is 2.00 bits per heavy atom. The summed E-state index contributed by atoms with van der Waals surface area (Å²) in [6.45, 7) is 4.87. The highest BCUT2D eigenvalue weighted by atomic mass is 19.1. The van der Waals surface area contributed by atoms with E-state index in [2.05, 4.69) is 19.2 Å². The molecule has 3 nitrogen and oxygen atoms in total. The number of methoxy groups -OCH3 is 1. The minimum atomic E-state index is -0.352. The normalized spacial score (nSPS) is 12.6. The number of rotatable bonds is 7. The lowest BCUT2D eigenvalue weighted by molar-refractivity contribution is 0.386. The smallest absolute Gasteiger partial charge is 0.165 e. The monoisotopic (exact) mass is 254 g/mol. The molecule has 0 aliphatic heterocycles. The fraction of sp³-hybridized carbons (Fsp3) is 0.571. The van der Waals surface area contributed by atoms with Gasteiger partial charge >= 0.3 is 0 Å². The van der Waals surface area contributed by atoms with Crippen LogP contribution < -0.4 is 15.8 Å². The molecule has 0 heterocycles. The quantitative estimate of drug-likeness (QED) is 0.786. The maximum absolute atomic E-state index is 13.3. The van der Waals surface area contributed by atoms with Gasteiger partial charge in [0.2, 0.25) is 0 Å². The van der Waals surface area contributed by atoms with E-state index in [0.29, 0.717) is 12.5 Å². The summed E-state index contributed by atoms with van der Waals surface area (Å²) in [6.07, 6.45) is 2.15.